The highest BCUT2D eigenvalue weighted by molar-refractivity contribution is 5.78. The summed E-state index contributed by atoms with van der Waals surface area (Å²) in [6.07, 6.45) is 2.08. The molecule has 0 fully saturated rings. The van der Waals surface area contributed by atoms with Crippen molar-refractivity contribution in [3.05, 3.63) is 12.7 Å². The summed E-state index contributed by atoms with van der Waals surface area (Å²) < 4.78 is 0. The lowest BCUT2D eigenvalue weighted by atomic mass is 10.7. The molecule has 0 aromatic rings. The van der Waals surface area contributed by atoms with Gasteiger partial charge in [0.15, 0.2) is 6.19 Å². The zero-order valence-corrected chi connectivity index (χ0v) is 4.16. The van der Waals surface area contributed by atoms with Crippen molar-refractivity contribution in [2.45, 2.75) is 0 Å². The molecule has 0 aliphatic rings. The number of nitrogens with two attached hydrogens (primary N) is 1. The molecule has 8 heavy (non-hydrogen) atoms. The van der Waals surface area contributed by atoms with Crippen molar-refractivity contribution in [1.29, 1.82) is 5.26 Å². The second-order valence-corrected chi connectivity index (χ2v) is 0.671. The minimum absolute atomic E-state index is 0.833. The van der Waals surface area contributed by atoms with Crippen molar-refractivity contribution in [1.82, 2.24) is 0 Å². The third kappa shape index (κ3) is 220. The molecule has 0 unspecified atom stereocenters. The molecular formula is C4H6N2O2. The molecule has 0 rings (SSSR count). The summed E-state index contributed by atoms with van der Waals surface area (Å²) in [6, 6.07) is 0. The molecule has 44 valence electrons. The average Bonchev–Trinajstić information content (AvgIpc) is 1.69. The molecule has 3 N–H and O–H groups in total. The summed E-state index contributed by atoms with van der Waals surface area (Å²) in [5, 5.41) is 14.7. The Bertz CT molecular complexity index is 114. The van der Waals surface area contributed by atoms with Crippen LogP contribution in [0.1, 0.15) is 0 Å². The van der Waals surface area contributed by atoms with Crippen molar-refractivity contribution in [2.24, 2.45) is 5.73 Å². The van der Waals surface area contributed by atoms with Gasteiger partial charge in [0.25, 0.3) is 0 Å². The molecule has 0 aromatic heterocycles. The first kappa shape index (κ1) is 9.71. The Balaban J connectivity index is 0. The van der Waals surface area contributed by atoms with Crippen LogP contribution < -0.4 is 5.73 Å². The van der Waals surface area contributed by atoms with Crippen molar-refractivity contribution < 1.29 is 9.90 Å². The van der Waals surface area contributed by atoms with Gasteiger partial charge in [-0.1, -0.05) is 6.58 Å². The van der Waals surface area contributed by atoms with E-state index in [1.54, 1.807) is 0 Å². The first-order valence-corrected chi connectivity index (χ1v) is 1.64. The van der Waals surface area contributed by atoms with Gasteiger partial charge < -0.3 is 10.8 Å². The van der Waals surface area contributed by atoms with E-state index in [4.69, 9.17) is 10.4 Å². The molecule has 4 nitrogen and oxygen atoms in total. The Morgan fingerprint density at radius 2 is 2.12 bits per heavy atom. The fourth-order valence-electron chi connectivity index (χ4n) is 0. The van der Waals surface area contributed by atoms with Crippen LogP contribution in [0.15, 0.2) is 12.7 Å². The Hall–Kier alpha value is -1.50. The third-order valence-corrected chi connectivity index (χ3v) is 0.175. The lowest BCUT2D eigenvalue weighted by Gasteiger charge is -1.64. The normalized spacial score (nSPS) is 4.88. The van der Waals surface area contributed by atoms with Crippen LogP contribution in [0.2, 0.25) is 0 Å². The van der Waals surface area contributed by atoms with E-state index in [0.29, 0.717) is 0 Å². The van der Waals surface area contributed by atoms with Crippen LogP contribution in [0.4, 0.5) is 0 Å². The predicted molar refractivity (Wildman–Crippen MR) is 27.6 cm³/mol. The van der Waals surface area contributed by atoms with Crippen LogP contribution >= 0.6 is 0 Å². The minimum atomic E-state index is -0.981. The van der Waals surface area contributed by atoms with Crippen LogP contribution in [0.5, 0.6) is 0 Å². The number of hydrogen-bond donors (Lipinski definition) is 2. The molecule has 0 atom stereocenters. The zero-order valence-electron chi connectivity index (χ0n) is 4.16. The van der Waals surface area contributed by atoms with Gasteiger partial charge in [0.05, 0.1) is 0 Å². The molecule has 0 radical (unpaired) electrons. The van der Waals surface area contributed by atoms with Gasteiger partial charge in [-0.05, 0) is 0 Å². The van der Waals surface area contributed by atoms with Crippen LogP contribution in [0, 0.1) is 11.5 Å². The quantitative estimate of drug-likeness (QED) is 0.278. The molecule has 0 saturated carbocycles. The zero-order chi connectivity index (χ0) is 6.99. The number of carboxylic acids is 1. The number of carboxylic acid groups (broad SMARTS) is 1. The van der Waals surface area contributed by atoms with Crippen molar-refractivity contribution in [2.75, 3.05) is 0 Å². The highest BCUT2D eigenvalue weighted by atomic mass is 16.4. The molecule has 0 bridgehead atoms. The SMILES string of the molecule is C=CC(=O)O.N#CN. The fourth-order valence-corrected chi connectivity index (χ4v) is 0. The molecule has 0 saturated heterocycles. The molecule has 0 aromatic carbocycles. The number of carbonyl (C=O) groups is 1. The van der Waals surface area contributed by atoms with Gasteiger partial charge in [-0.15, -0.1) is 0 Å². The maximum Gasteiger partial charge on any atom is 0.327 e. The number of nitrogens with zero attached hydrogens (tertiary/aromatic N) is 1. The molecule has 0 aliphatic heterocycles. The van der Waals surface area contributed by atoms with Gasteiger partial charge >= 0.3 is 5.97 Å². The van der Waals surface area contributed by atoms with E-state index in [9.17, 15) is 4.79 Å². The highest BCUT2D eigenvalue weighted by Crippen LogP contribution is 1.54. The summed E-state index contributed by atoms with van der Waals surface area (Å²) in [4.78, 5) is 9.25. The van der Waals surface area contributed by atoms with Gasteiger partial charge in [0, 0.05) is 6.08 Å². The Kier molecular flexibility index (Phi) is 11.0. The average molecular weight is 114 g/mol. The highest BCUT2D eigenvalue weighted by Gasteiger charge is 1.73. The molecule has 0 spiro atoms. The maximum atomic E-state index is 9.25. The van der Waals surface area contributed by atoms with Gasteiger partial charge in [-0.25, -0.2) is 4.79 Å². The van der Waals surface area contributed by atoms with Crippen LogP contribution in [0.25, 0.3) is 0 Å². The summed E-state index contributed by atoms with van der Waals surface area (Å²) in [7, 11) is 0. The number of hydrogen-bond acceptors (Lipinski definition) is 3. The number of aliphatic carboxylic acids is 1. The van der Waals surface area contributed by atoms with E-state index in [0.717, 1.165) is 6.08 Å². The van der Waals surface area contributed by atoms with Crippen molar-refractivity contribution >= 4 is 5.97 Å². The third-order valence-electron chi connectivity index (χ3n) is 0.175. The van der Waals surface area contributed by atoms with E-state index in [-0.39, 0.29) is 0 Å². The maximum absolute atomic E-state index is 9.25. The van der Waals surface area contributed by atoms with E-state index in [1.165, 1.54) is 6.19 Å². The summed E-state index contributed by atoms with van der Waals surface area (Å²) in [5.41, 5.74) is 4.15. The van der Waals surface area contributed by atoms with Gasteiger partial charge in [-0.2, -0.15) is 5.26 Å². The molecule has 0 aliphatic carbocycles. The van der Waals surface area contributed by atoms with Gasteiger partial charge in [0.2, 0.25) is 0 Å². The van der Waals surface area contributed by atoms with Gasteiger partial charge in [0.1, 0.15) is 0 Å². The van der Waals surface area contributed by atoms with Gasteiger partial charge in [-0.3, -0.25) is 0 Å². The smallest absolute Gasteiger partial charge is 0.327 e. The fraction of sp³-hybridized carbons (Fsp3) is 0. The van der Waals surface area contributed by atoms with E-state index >= 15 is 0 Å². The molecule has 4 heteroatoms. The first-order valence-electron chi connectivity index (χ1n) is 1.64. The second kappa shape index (κ2) is 9.09. The topological polar surface area (TPSA) is 87.1 Å². The summed E-state index contributed by atoms with van der Waals surface area (Å²) in [5.74, 6) is -0.981. The Morgan fingerprint density at radius 3 is 2.12 bits per heavy atom. The standard InChI is InChI=1S/C3H4O2.CH2N2/c1-2-3(4)5;2-1-3/h2H,1H2,(H,4,5);2H2. The largest absolute Gasteiger partial charge is 0.478 e. The number of rotatable bonds is 1. The van der Waals surface area contributed by atoms with Crippen LogP contribution in [-0.2, 0) is 4.79 Å². The monoisotopic (exact) mass is 114 g/mol. The number of nitriles is 1. The van der Waals surface area contributed by atoms with E-state index in [2.05, 4.69) is 12.3 Å². The van der Waals surface area contributed by atoms with Crippen LogP contribution in [-0.4, -0.2) is 11.1 Å². The molecule has 0 amide bonds. The predicted octanol–water partition coefficient (Wildman–Crippen LogP) is -0.317. The van der Waals surface area contributed by atoms with Crippen molar-refractivity contribution in [3.8, 4) is 6.19 Å². The lowest BCUT2D eigenvalue weighted by molar-refractivity contribution is -0.131. The summed E-state index contributed by atoms with van der Waals surface area (Å²) in [6.45, 7) is 2.96. The van der Waals surface area contributed by atoms with Crippen LogP contribution in [0.3, 0.4) is 0 Å². The molecular weight excluding hydrogens is 108 g/mol. The minimum Gasteiger partial charge on any atom is -0.478 e. The van der Waals surface area contributed by atoms with E-state index in [1.807, 2.05) is 0 Å². The lowest BCUT2D eigenvalue weighted by Crippen LogP contribution is -1.82. The molecule has 0 heterocycles. The second-order valence-electron chi connectivity index (χ2n) is 0.671. The first-order chi connectivity index (χ1) is 3.68. The van der Waals surface area contributed by atoms with Crippen molar-refractivity contribution in [3.63, 3.8) is 0 Å². The Morgan fingerprint density at radius 1 is 2.00 bits per heavy atom. The Labute approximate surface area is 46.8 Å². The summed E-state index contributed by atoms with van der Waals surface area (Å²) >= 11 is 0. The van der Waals surface area contributed by atoms with E-state index < -0.39 is 5.97 Å².